The van der Waals surface area contributed by atoms with Gasteiger partial charge in [0.1, 0.15) is 6.04 Å². The van der Waals surface area contributed by atoms with E-state index >= 15 is 0 Å². The Morgan fingerprint density at radius 2 is 1.69 bits per heavy atom. The molecule has 2 amide bonds. The highest BCUT2D eigenvalue weighted by atomic mass is 32.2. The van der Waals surface area contributed by atoms with Crippen molar-refractivity contribution in [1.82, 2.24) is 4.31 Å². The summed E-state index contributed by atoms with van der Waals surface area (Å²) in [6.45, 7) is 10.7. The number of aryl methyl sites for hydroxylation is 2. The molecule has 7 nitrogen and oxygen atoms in total. The molecule has 1 fully saturated rings. The number of nitrogens with zero attached hydrogens (tertiary/aromatic N) is 3. The summed E-state index contributed by atoms with van der Waals surface area (Å²) in [6.07, 6.45) is 1.14. The van der Waals surface area contributed by atoms with Gasteiger partial charge in [0.2, 0.25) is 15.9 Å². The molecule has 2 aromatic rings. The van der Waals surface area contributed by atoms with Gasteiger partial charge in [-0.3, -0.25) is 9.59 Å². The van der Waals surface area contributed by atoms with Crippen molar-refractivity contribution in [2.75, 3.05) is 11.4 Å². The molecule has 2 aromatic carbocycles. The summed E-state index contributed by atoms with van der Waals surface area (Å²) in [7, 11) is -4.11. The lowest BCUT2D eigenvalue weighted by atomic mass is 10.0. The Hall–Kier alpha value is -3.28. The topological polar surface area (TPSA) is 98.5 Å². The van der Waals surface area contributed by atoms with Crippen molar-refractivity contribution in [2.45, 2.75) is 45.1 Å². The molecular weight excluding hydrogens is 426 g/mol. The summed E-state index contributed by atoms with van der Waals surface area (Å²) >= 11 is 0. The van der Waals surface area contributed by atoms with E-state index in [1.165, 1.54) is 30.3 Å². The van der Waals surface area contributed by atoms with Crippen LogP contribution in [0.1, 0.15) is 34.2 Å². The number of rotatable bonds is 6. The van der Waals surface area contributed by atoms with E-state index in [1.807, 2.05) is 26.0 Å². The Morgan fingerprint density at radius 1 is 1.12 bits per heavy atom. The van der Waals surface area contributed by atoms with Crippen molar-refractivity contribution in [1.29, 1.82) is 5.26 Å². The SMILES string of the molecule is C=CCN(C1CC(=O)N(c2ccc(C#N)cc2)C1=O)S(=O)(=O)c1c(C)c(C)cc(C)c1C. The van der Waals surface area contributed by atoms with Crippen molar-refractivity contribution in [3.8, 4) is 6.07 Å². The van der Waals surface area contributed by atoms with E-state index in [1.54, 1.807) is 13.8 Å². The normalized spacial score (nSPS) is 16.5. The molecule has 0 spiro atoms. The molecule has 0 saturated carbocycles. The molecule has 0 aliphatic carbocycles. The quantitative estimate of drug-likeness (QED) is 0.496. The molecule has 8 heteroatoms. The standard InChI is InChI=1S/C24H25N3O4S/c1-6-11-26(32(30,31)23-17(4)15(2)12-16(3)18(23)5)21-13-22(28)27(24(21)29)20-9-7-19(14-25)8-10-20/h6-10,12,21H,1,11,13H2,2-5H3. The third-order valence-corrected chi connectivity index (χ3v) is 8.05. The Labute approximate surface area is 188 Å². The first kappa shape index (κ1) is 23.4. The van der Waals surface area contributed by atoms with Crippen LogP contribution in [0.25, 0.3) is 0 Å². The highest BCUT2D eigenvalue weighted by Gasteiger charge is 2.47. The fraction of sp³-hybridized carbons (Fsp3) is 0.292. The van der Waals surface area contributed by atoms with E-state index in [9.17, 15) is 18.0 Å². The zero-order valence-electron chi connectivity index (χ0n) is 18.5. The summed E-state index contributed by atoms with van der Waals surface area (Å²) in [5.74, 6) is -1.12. The van der Waals surface area contributed by atoms with Crippen LogP contribution < -0.4 is 4.90 Å². The lowest BCUT2D eigenvalue weighted by Gasteiger charge is -2.28. The molecule has 1 saturated heterocycles. The average Bonchev–Trinajstić information content (AvgIpc) is 3.04. The van der Waals surface area contributed by atoms with E-state index < -0.39 is 27.9 Å². The molecule has 0 N–H and O–H groups in total. The number of amides is 2. The predicted molar refractivity (Wildman–Crippen MR) is 122 cm³/mol. The van der Waals surface area contributed by atoms with E-state index in [0.717, 1.165) is 20.3 Å². The van der Waals surface area contributed by atoms with Crippen LogP contribution in [-0.2, 0) is 19.6 Å². The van der Waals surface area contributed by atoms with Gasteiger partial charge in [-0.15, -0.1) is 6.58 Å². The minimum absolute atomic E-state index is 0.112. The van der Waals surface area contributed by atoms with E-state index in [-0.39, 0.29) is 17.9 Å². The molecule has 1 aliphatic rings. The summed E-state index contributed by atoms with van der Waals surface area (Å²) < 4.78 is 28.7. The first-order valence-electron chi connectivity index (χ1n) is 10.1. The van der Waals surface area contributed by atoms with Gasteiger partial charge in [0, 0.05) is 6.54 Å². The number of benzene rings is 2. The Balaban J connectivity index is 2.08. The Kier molecular flexibility index (Phi) is 6.35. The molecule has 1 unspecified atom stereocenters. The Bertz CT molecular complexity index is 1230. The summed E-state index contributed by atoms with van der Waals surface area (Å²) in [4.78, 5) is 27.2. The van der Waals surface area contributed by atoms with Crippen LogP contribution in [-0.4, -0.2) is 37.1 Å². The van der Waals surface area contributed by atoms with Gasteiger partial charge in [0.15, 0.2) is 0 Å². The van der Waals surface area contributed by atoms with Crippen LogP contribution in [0.3, 0.4) is 0 Å². The first-order valence-corrected chi connectivity index (χ1v) is 11.6. The molecule has 0 radical (unpaired) electrons. The fourth-order valence-electron chi connectivity index (χ4n) is 4.00. The largest absolute Gasteiger partial charge is 0.274 e. The number of hydrogen-bond donors (Lipinski definition) is 0. The molecule has 1 atom stereocenters. The molecule has 1 aliphatic heterocycles. The van der Waals surface area contributed by atoms with Crippen LogP contribution in [0.5, 0.6) is 0 Å². The Morgan fingerprint density at radius 3 is 2.19 bits per heavy atom. The van der Waals surface area contributed by atoms with Crippen molar-refractivity contribution < 1.29 is 18.0 Å². The number of imide groups is 1. The minimum atomic E-state index is -4.11. The molecular formula is C24H25N3O4S. The predicted octanol–water partition coefficient (Wildman–Crippen LogP) is 3.30. The third-order valence-electron chi connectivity index (χ3n) is 5.90. The highest BCUT2D eigenvalue weighted by molar-refractivity contribution is 7.89. The number of carbonyl (C=O) groups is 2. The van der Waals surface area contributed by atoms with Crippen LogP contribution >= 0.6 is 0 Å². The van der Waals surface area contributed by atoms with Gasteiger partial charge in [-0.25, -0.2) is 13.3 Å². The summed E-state index contributed by atoms with van der Waals surface area (Å²) in [5, 5.41) is 8.97. The zero-order chi connectivity index (χ0) is 23.8. The molecule has 166 valence electrons. The number of anilines is 1. The lowest BCUT2D eigenvalue weighted by Crippen LogP contribution is -2.45. The van der Waals surface area contributed by atoms with E-state index in [0.29, 0.717) is 22.4 Å². The average molecular weight is 452 g/mol. The smallest absolute Gasteiger partial charge is 0.252 e. The minimum Gasteiger partial charge on any atom is -0.274 e. The van der Waals surface area contributed by atoms with Crippen molar-refractivity contribution in [2.24, 2.45) is 0 Å². The molecule has 3 rings (SSSR count). The van der Waals surface area contributed by atoms with Crippen molar-refractivity contribution in [3.63, 3.8) is 0 Å². The van der Waals surface area contributed by atoms with Crippen LogP contribution in [0.2, 0.25) is 0 Å². The maximum absolute atomic E-state index is 13.8. The summed E-state index contributed by atoms with van der Waals surface area (Å²) in [6, 6.07) is 8.74. The van der Waals surface area contributed by atoms with Gasteiger partial charge in [0.25, 0.3) is 5.91 Å². The number of carbonyl (C=O) groups excluding carboxylic acids is 2. The number of nitriles is 1. The van der Waals surface area contributed by atoms with E-state index in [4.69, 9.17) is 5.26 Å². The van der Waals surface area contributed by atoms with Gasteiger partial charge in [-0.2, -0.15) is 9.57 Å². The second-order valence-electron chi connectivity index (χ2n) is 7.90. The monoisotopic (exact) mass is 451 g/mol. The van der Waals surface area contributed by atoms with Gasteiger partial charge in [0.05, 0.1) is 28.6 Å². The van der Waals surface area contributed by atoms with Crippen LogP contribution in [0.15, 0.2) is 47.9 Å². The number of hydrogen-bond acceptors (Lipinski definition) is 5. The zero-order valence-corrected chi connectivity index (χ0v) is 19.4. The van der Waals surface area contributed by atoms with E-state index in [2.05, 4.69) is 6.58 Å². The molecule has 0 bridgehead atoms. The fourth-order valence-corrected chi connectivity index (χ4v) is 6.13. The third kappa shape index (κ3) is 3.85. The molecule has 1 heterocycles. The molecule has 32 heavy (non-hydrogen) atoms. The second-order valence-corrected chi connectivity index (χ2v) is 9.73. The second kappa shape index (κ2) is 8.69. The molecule has 0 aromatic heterocycles. The van der Waals surface area contributed by atoms with Crippen LogP contribution in [0, 0.1) is 39.0 Å². The first-order chi connectivity index (χ1) is 15.0. The van der Waals surface area contributed by atoms with Gasteiger partial charge < -0.3 is 0 Å². The summed E-state index contributed by atoms with van der Waals surface area (Å²) in [5.41, 5.74) is 3.58. The van der Waals surface area contributed by atoms with Crippen molar-refractivity contribution in [3.05, 3.63) is 70.8 Å². The van der Waals surface area contributed by atoms with Gasteiger partial charge in [-0.1, -0.05) is 12.1 Å². The number of sulfonamides is 1. The van der Waals surface area contributed by atoms with Gasteiger partial charge >= 0.3 is 0 Å². The van der Waals surface area contributed by atoms with Gasteiger partial charge in [-0.05, 0) is 74.2 Å². The van der Waals surface area contributed by atoms with Crippen LogP contribution in [0.4, 0.5) is 5.69 Å². The highest BCUT2D eigenvalue weighted by Crippen LogP contribution is 2.33. The maximum atomic E-state index is 13.8. The maximum Gasteiger partial charge on any atom is 0.252 e. The lowest BCUT2D eigenvalue weighted by molar-refractivity contribution is -0.122. The van der Waals surface area contributed by atoms with Crippen molar-refractivity contribution >= 4 is 27.5 Å².